The SMILES string of the molecule is CCCCN1CCN(C2c3ccc(Cl)cc3CCc3cc(Br)cnc32)CC1. The van der Waals surface area contributed by atoms with Crippen LogP contribution >= 0.6 is 27.5 Å². The van der Waals surface area contributed by atoms with Gasteiger partial charge in [-0.15, -0.1) is 0 Å². The Bertz CT molecular complexity index is 749. The molecule has 0 amide bonds. The van der Waals surface area contributed by atoms with Crippen molar-refractivity contribution in [3.8, 4) is 0 Å². The Labute approximate surface area is 175 Å². The molecule has 1 saturated heterocycles. The first-order chi connectivity index (χ1) is 13.2. The summed E-state index contributed by atoms with van der Waals surface area (Å²) in [5.41, 5.74) is 5.33. The van der Waals surface area contributed by atoms with E-state index in [2.05, 4.69) is 50.9 Å². The molecule has 0 spiro atoms. The fraction of sp³-hybridized carbons (Fsp3) is 0.500. The van der Waals surface area contributed by atoms with E-state index < -0.39 is 0 Å². The van der Waals surface area contributed by atoms with Gasteiger partial charge in [0.15, 0.2) is 0 Å². The highest BCUT2D eigenvalue weighted by atomic mass is 79.9. The molecule has 3 nitrogen and oxygen atoms in total. The lowest BCUT2D eigenvalue weighted by Crippen LogP contribution is -2.48. The van der Waals surface area contributed by atoms with Gasteiger partial charge in [-0.05, 0) is 76.6 Å². The standard InChI is InChI=1S/C22H27BrClN3/c1-2-3-8-26-9-11-27(12-10-26)22-20-7-6-19(24)14-16(20)4-5-17-13-18(23)15-25-21(17)22/h6-7,13-15,22H,2-5,8-12H2,1H3. The number of fused-ring (bicyclic) bond motifs is 2. The lowest BCUT2D eigenvalue weighted by molar-refractivity contribution is 0.107. The van der Waals surface area contributed by atoms with Crippen LogP contribution in [-0.4, -0.2) is 47.5 Å². The van der Waals surface area contributed by atoms with Crippen molar-refractivity contribution in [1.29, 1.82) is 0 Å². The van der Waals surface area contributed by atoms with Gasteiger partial charge in [-0.3, -0.25) is 9.88 Å². The number of pyridine rings is 1. The highest BCUT2D eigenvalue weighted by Crippen LogP contribution is 2.37. The van der Waals surface area contributed by atoms with Crippen LogP contribution in [0.3, 0.4) is 0 Å². The molecule has 0 saturated carbocycles. The van der Waals surface area contributed by atoms with Crippen LogP contribution in [-0.2, 0) is 12.8 Å². The summed E-state index contributed by atoms with van der Waals surface area (Å²) >= 11 is 9.93. The van der Waals surface area contributed by atoms with Crippen LogP contribution in [0.25, 0.3) is 0 Å². The number of benzene rings is 1. The fourth-order valence-electron chi connectivity index (χ4n) is 4.41. The Balaban J connectivity index is 1.67. The Morgan fingerprint density at radius 1 is 1.11 bits per heavy atom. The van der Waals surface area contributed by atoms with Crippen LogP contribution in [0.2, 0.25) is 5.02 Å². The normalized spacial score (nSPS) is 20.8. The van der Waals surface area contributed by atoms with Crippen molar-refractivity contribution in [3.63, 3.8) is 0 Å². The smallest absolute Gasteiger partial charge is 0.0782 e. The molecule has 2 aliphatic rings. The molecule has 1 aromatic carbocycles. The molecule has 2 aromatic rings. The molecule has 144 valence electrons. The molecule has 1 aliphatic heterocycles. The second-order valence-electron chi connectivity index (χ2n) is 7.67. The molecule has 1 aromatic heterocycles. The third kappa shape index (κ3) is 4.24. The van der Waals surface area contributed by atoms with Crippen molar-refractivity contribution >= 4 is 27.5 Å². The first-order valence-corrected chi connectivity index (χ1v) is 11.2. The van der Waals surface area contributed by atoms with Gasteiger partial charge in [0.2, 0.25) is 0 Å². The summed E-state index contributed by atoms with van der Waals surface area (Å²) < 4.78 is 1.06. The summed E-state index contributed by atoms with van der Waals surface area (Å²) in [5.74, 6) is 0. The van der Waals surface area contributed by atoms with E-state index in [1.165, 1.54) is 41.8 Å². The topological polar surface area (TPSA) is 19.4 Å². The highest BCUT2D eigenvalue weighted by molar-refractivity contribution is 9.10. The first-order valence-electron chi connectivity index (χ1n) is 10.0. The van der Waals surface area contributed by atoms with Gasteiger partial charge in [-0.2, -0.15) is 0 Å². The second-order valence-corrected chi connectivity index (χ2v) is 9.03. The first kappa shape index (κ1) is 19.4. The minimum atomic E-state index is 0.233. The Hall–Kier alpha value is -0.940. The number of hydrogen-bond donors (Lipinski definition) is 0. The van der Waals surface area contributed by atoms with Crippen molar-refractivity contribution in [2.75, 3.05) is 32.7 Å². The molecule has 5 heteroatoms. The van der Waals surface area contributed by atoms with Crippen LogP contribution in [0.5, 0.6) is 0 Å². The lowest BCUT2D eigenvalue weighted by Gasteiger charge is -2.39. The van der Waals surface area contributed by atoms with Crippen LogP contribution in [0.4, 0.5) is 0 Å². The third-order valence-corrected chi connectivity index (χ3v) is 6.56. The van der Waals surface area contributed by atoms with Gasteiger partial charge < -0.3 is 4.90 Å². The van der Waals surface area contributed by atoms with Gasteiger partial charge in [0, 0.05) is 41.9 Å². The molecule has 27 heavy (non-hydrogen) atoms. The monoisotopic (exact) mass is 447 g/mol. The molecule has 4 rings (SSSR count). The minimum absolute atomic E-state index is 0.233. The number of unbranched alkanes of at least 4 members (excludes halogenated alkanes) is 1. The predicted octanol–water partition coefficient (Wildman–Crippen LogP) is 5.10. The molecule has 1 unspecified atom stereocenters. The number of hydrogen-bond acceptors (Lipinski definition) is 3. The maximum absolute atomic E-state index is 6.32. The van der Waals surface area contributed by atoms with E-state index in [0.29, 0.717) is 0 Å². The molecule has 0 N–H and O–H groups in total. The molecule has 1 atom stereocenters. The van der Waals surface area contributed by atoms with Crippen molar-refractivity contribution < 1.29 is 0 Å². The zero-order chi connectivity index (χ0) is 18.8. The molecule has 0 bridgehead atoms. The zero-order valence-electron chi connectivity index (χ0n) is 15.9. The van der Waals surface area contributed by atoms with Gasteiger partial charge in [-0.1, -0.05) is 31.0 Å². The fourth-order valence-corrected chi connectivity index (χ4v) is 4.98. The summed E-state index contributed by atoms with van der Waals surface area (Å²) in [7, 11) is 0. The molecule has 1 fully saturated rings. The molecule has 1 aliphatic carbocycles. The number of nitrogens with zero attached hydrogens (tertiary/aromatic N) is 3. The Kier molecular flexibility index (Phi) is 6.18. The summed E-state index contributed by atoms with van der Waals surface area (Å²) in [6, 6.07) is 8.90. The molecule has 0 radical (unpaired) electrons. The van der Waals surface area contributed by atoms with Crippen LogP contribution in [0.15, 0.2) is 34.9 Å². The summed E-state index contributed by atoms with van der Waals surface area (Å²) in [5, 5.41) is 0.831. The molecule has 2 heterocycles. The quantitative estimate of drug-likeness (QED) is 0.648. The summed E-state index contributed by atoms with van der Waals surface area (Å²) in [4.78, 5) is 10.1. The van der Waals surface area contributed by atoms with Gasteiger partial charge in [0.05, 0.1) is 11.7 Å². The van der Waals surface area contributed by atoms with E-state index >= 15 is 0 Å². The van der Waals surface area contributed by atoms with Gasteiger partial charge in [0.1, 0.15) is 0 Å². The summed E-state index contributed by atoms with van der Waals surface area (Å²) in [6.07, 6.45) is 6.55. The molecular formula is C22H27BrClN3. The average Bonchev–Trinajstić information content (AvgIpc) is 2.83. The number of halogens is 2. The van der Waals surface area contributed by atoms with Crippen molar-refractivity contribution in [2.24, 2.45) is 0 Å². The number of rotatable bonds is 4. The van der Waals surface area contributed by atoms with Crippen LogP contribution in [0, 0.1) is 0 Å². The van der Waals surface area contributed by atoms with Crippen molar-refractivity contribution in [3.05, 3.63) is 62.3 Å². The van der Waals surface area contributed by atoms with Gasteiger partial charge in [-0.25, -0.2) is 0 Å². The van der Waals surface area contributed by atoms with E-state index in [-0.39, 0.29) is 6.04 Å². The number of aryl methyl sites for hydroxylation is 2. The largest absolute Gasteiger partial charge is 0.301 e. The third-order valence-electron chi connectivity index (χ3n) is 5.89. The predicted molar refractivity (Wildman–Crippen MR) is 116 cm³/mol. The van der Waals surface area contributed by atoms with Gasteiger partial charge in [0.25, 0.3) is 0 Å². The maximum atomic E-state index is 6.32. The Morgan fingerprint density at radius 3 is 2.67 bits per heavy atom. The van der Waals surface area contributed by atoms with Crippen molar-refractivity contribution in [1.82, 2.24) is 14.8 Å². The van der Waals surface area contributed by atoms with E-state index in [4.69, 9.17) is 16.6 Å². The summed E-state index contributed by atoms with van der Waals surface area (Å²) in [6.45, 7) is 7.96. The average molecular weight is 449 g/mol. The highest BCUT2D eigenvalue weighted by Gasteiger charge is 2.32. The van der Waals surface area contributed by atoms with E-state index in [0.717, 1.165) is 48.5 Å². The minimum Gasteiger partial charge on any atom is -0.301 e. The van der Waals surface area contributed by atoms with Crippen LogP contribution in [0.1, 0.15) is 48.2 Å². The zero-order valence-corrected chi connectivity index (χ0v) is 18.3. The number of aromatic nitrogens is 1. The lowest BCUT2D eigenvalue weighted by atomic mass is 9.96. The van der Waals surface area contributed by atoms with E-state index in [1.807, 2.05) is 12.3 Å². The number of piperazine rings is 1. The van der Waals surface area contributed by atoms with E-state index in [9.17, 15) is 0 Å². The second kappa shape index (κ2) is 8.60. The maximum Gasteiger partial charge on any atom is 0.0782 e. The van der Waals surface area contributed by atoms with E-state index in [1.54, 1.807) is 0 Å². The molecular weight excluding hydrogens is 422 g/mol. The van der Waals surface area contributed by atoms with Crippen LogP contribution < -0.4 is 0 Å². The van der Waals surface area contributed by atoms with Gasteiger partial charge >= 0.3 is 0 Å². The Morgan fingerprint density at radius 2 is 1.89 bits per heavy atom. The van der Waals surface area contributed by atoms with Crippen molar-refractivity contribution in [2.45, 2.75) is 38.6 Å².